The van der Waals surface area contributed by atoms with E-state index in [0.717, 1.165) is 6.20 Å². The van der Waals surface area contributed by atoms with Crippen LogP contribution in [0.3, 0.4) is 0 Å². The molecule has 0 spiro atoms. The lowest BCUT2D eigenvalue weighted by Gasteiger charge is -2.10. The Morgan fingerprint density at radius 2 is 1.95 bits per heavy atom. The average molecular weight is 383 g/mol. The molecular formula is C12H7Cl4N3O3. The second-order valence-electron chi connectivity index (χ2n) is 4.19. The van der Waals surface area contributed by atoms with Crippen LogP contribution in [0.5, 0.6) is 0 Å². The molecule has 2 rings (SSSR count). The van der Waals surface area contributed by atoms with E-state index in [1.807, 2.05) is 0 Å². The molecule has 0 N–H and O–H groups in total. The highest BCUT2D eigenvalue weighted by Gasteiger charge is 2.25. The fraction of sp³-hybridized carbons (Fsp3) is 0.167. The predicted molar refractivity (Wildman–Crippen MR) is 84.7 cm³/mol. The maximum atomic E-state index is 11.6. The topological polar surface area (TPSA) is 78.0 Å². The first-order valence-corrected chi connectivity index (χ1v) is 7.46. The summed E-state index contributed by atoms with van der Waals surface area (Å²) in [6, 6.07) is 2.98. The van der Waals surface area contributed by atoms with Crippen molar-refractivity contribution in [3.8, 4) is 5.69 Å². The van der Waals surface area contributed by atoms with Crippen LogP contribution in [0.25, 0.3) is 5.69 Å². The van der Waals surface area contributed by atoms with Gasteiger partial charge in [0.25, 0.3) is 0 Å². The summed E-state index contributed by atoms with van der Waals surface area (Å²) < 4.78 is 1.19. The molecule has 2 aromatic rings. The van der Waals surface area contributed by atoms with Crippen LogP contribution in [0.4, 0.5) is 5.69 Å². The molecule has 116 valence electrons. The van der Waals surface area contributed by atoms with Crippen molar-refractivity contribution in [2.45, 2.75) is 6.42 Å². The molecule has 1 aromatic heterocycles. The van der Waals surface area contributed by atoms with E-state index in [0.29, 0.717) is 0 Å². The predicted octanol–water partition coefficient (Wildman–Crippen LogP) is 4.09. The molecule has 0 bridgehead atoms. The van der Waals surface area contributed by atoms with E-state index >= 15 is 0 Å². The second kappa shape index (κ2) is 6.83. The third kappa shape index (κ3) is 3.20. The number of Topliss-reactive ketones (excluding diaryl/α,β-unsaturated/α-hetero) is 1. The zero-order valence-electron chi connectivity index (χ0n) is 10.7. The number of ketones is 1. The van der Waals surface area contributed by atoms with Crippen molar-refractivity contribution in [2.75, 3.05) is 5.88 Å². The lowest BCUT2D eigenvalue weighted by Crippen LogP contribution is -2.11. The van der Waals surface area contributed by atoms with Gasteiger partial charge in [0.2, 0.25) is 0 Å². The Bertz CT molecular complexity index is 760. The number of alkyl halides is 1. The number of benzene rings is 1. The lowest BCUT2D eigenvalue weighted by molar-refractivity contribution is -0.385. The summed E-state index contributed by atoms with van der Waals surface area (Å²) in [5.74, 6) is -0.653. The third-order valence-corrected chi connectivity index (χ3v) is 4.38. The van der Waals surface area contributed by atoms with Crippen LogP contribution in [-0.2, 0) is 11.2 Å². The highest BCUT2D eigenvalue weighted by molar-refractivity contribution is 6.48. The maximum Gasteiger partial charge on any atom is 0.311 e. The molecule has 6 nitrogen and oxygen atoms in total. The zero-order chi connectivity index (χ0) is 16.4. The summed E-state index contributed by atoms with van der Waals surface area (Å²) >= 11 is 23.4. The fourth-order valence-corrected chi connectivity index (χ4v) is 2.51. The standard InChI is InChI=1S/C12H7Cl4N3O3/c13-4-6(20)3-9-10(19(21)22)5-17-18(9)8-2-1-7(14)11(15)12(8)16/h1-2,5H,3-4H2. The Hall–Kier alpha value is -1.34. The summed E-state index contributed by atoms with van der Waals surface area (Å²) in [6.45, 7) is 0. The molecule has 0 radical (unpaired) electrons. The second-order valence-corrected chi connectivity index (χ2v) is 5.62. The van der Waals surface area contributed by atoms with E-state index in [9.17, 15) is 14.9 Å². The summed E-state index contributed by atoms with van der Waals surface area (Å²) in [6.07, 6.45) is 0.784. The highest BCUT2D eigenvalue weighted by Crippen LogP contribution is 2.36. The molecule has 10 heteroatoms. The maximum absolute atomic E-state index is 11.6. The molecule has 0 aliphatic heterocycles. The number of carbonyl (C=O) groups excluding carboxylic acids is 1. The molecule has 0 unspecified atom stereocenters. The minimum atomic E-state index is -0.633. The number of nitro groups is 1. The van der Waals surface area contributed by atoms with Crippen molar-refractivity contribution >= 4 is 57.9 Å². The van der Waals surface area contributed by atoms with E-state index < -0.39 is 4.92 Å². The Morgan fingerprint density at radius 3 is 2.55 bits per heavy atom. The number of aromatic nitrogens is 2. The van der Waals surface area contributed by atoms with Crippen molar-refractivity contribution in [1.82, 2.24) is 9.78 Å². The zero-order valence-corrected chi connectivity index (χ0v) is 13.7. The number of halogens is 4. The Morgan fingerprint density at radius 1 is 1.27 bits per heavy atom. The number of carbonyl (C=O) groups is 1. The lowest BCUT2D eigenvalue weighted by atomic mass is 10.2. The van der Waals surface area contributed by atoms with Crippen LogP contribution < -0.4 is 0 Å². The van der Waals surface area contributed by atoms with Crippen LogP contribution >= 0.6 is 46.4 Å². The van der Waals surface area contributed by atoms with Gasteiger partial charge in [-0.1, -0.05) is 34.8 Å². The largest absolute Gasteiger partial charge is 0.311 e. The van der Waals surface area contributed by atoms with Gasteiger partial charge in [0.05, 0.1) is 38.0 Å². The van der Waals surface area contributed by atoms with E-state index in [4.69, 9.17) is 46.4 Å². The summed E-state index contributed by atoms with van der Waals surface area (Å²) in [4.78, 5) is 22.0. The van der Waals surface area contributed by atoms with Gasteiger partial charge in [-0.25, -0.2) is 4.68 Å². The van der Waals surface area contributed by atoms with Gasteiger partial charge in [0.1, 0.15) is 11.9 Å². The van der Waals surface area contributed by atoms with Crippen LogP contribution in [0.15, 0.2) is 18.3 Å². The van der Waals surface area contributed by atoms with Crippen molar-refractivity contribution in [3.05, 3.63) is 49.2 Å². The molecule has 1 heterocycles. The molecule has 0 atom stereocenters. The first-order chi connectivity index (χ1) is 10.4. The molecule has 0 fully saturated rings. The van der Waals surface area contributed by atoms with E-state index in [1.54, 1.807) is 0 Å². The summed E-state index contributed by atoms with van der Waals surface area (Å²) in [5.41, 5.74) is 0.0399. The monoisotopic (exact) mass is 381 g/mol. The SMILES string of the molecule is O=C(CCl)Cc1c([N+](=O)[O-])cnn1-c1ccc(Cl)c(Cl)c1Cl. The quantitative estimate of drug-likeness (QED) is 0.337. The van der Waals surface area contributed by atoms with Gasteiger partial charge in [-0.05, 0) is 12.1 Å². The molecule has 0 saturated carbocycles. The van der Waals surface area contributed by atoms with Gasteiger partial charge in [-0.3, -0.25) is 14.9 Å². The minimum absolute atomic E-state index is 0.0657. The van der Waals surface area contributed by atoms with Gasteiger partial charge < -0.3 is 0 Å². The number of hydrogen-bond acceptors (Lipinski definition) is 4. The van der Waals surface area contributed by atoms with Crippen molar-refractivity contribution in [2.24, 2.45) is 0 Å². The fourth-order valence-electron chi connectivity index (χ4n) is 1.80. The van der Waals surface area contributed by atoms with Gasteiger partial charge >= 0.3 is 5.69 Å². The van der Waals surface area contributed by atoms with Crippen molar-refractivity contribution < 1.29 is 9.72 Å². The minimum Gasteiger partial charge on any atom is -0.298 e. The molecule has 0 amide bonds. The molecule has 0 saturated heterocycles. The first-order valence-electron chi connectivity index (χ1n) is 5.79. The molecule has 1 aromatic carbocycles. The Balaban J connectivity index is 2.63. The summed E-state index contributed by atoms with van der Waals surface area (Å²) in [5, 5.41) is 15.4. The van der Waals surface area contributed by atoms with E-state index in [2.05, 4.69) is 5.10 Å². The van der Waals surface area contributed by atoms with Crippen molar-refractivity contribution in [3.63, 3.8) is 0 Å². The number of rotatable bonds is 5. The molecule has 22 heavy (non-hydrogen) atoms. The average Bonchev–Trinajstić information content (AvgIpc) is 2.88. The van der Waals surface area contributed by atoms with E-state index in [-0.39, 0.29) is 50.2 Å². The summed E-state index contributed by atoms with van der Waals surface area (Å²) in [7, 11) is 0. The highest BCUT2D eigenvalue weighted by atomic mass is 35.5. The first kappa shape index (κ1) is 17.0. The van der Waals surface area contributed by atoms with Crippen LogP contribution in [0.1, 0.15) is 5.69 Å². The van der Waals surface area contributed by atoms with Gasteiger partial charge in [0, 0.05) is 0 Å². The third-order valence-electron chi connectivity index (χ3n) is 2.80. The molecule has 0 aliphatic rings. The van der Waals surface area contributed by atoms with Gasteiger partial charge in [0.15, 0.2) is 5.78 Å². The van der Waals surface area contributed by atoms with Crippen molar-refractivity contribution in [1.29, 1.82) is 0 Å². The van der Waals surface area contributed by atoms with Crippen LogP contribution in [0, 0.1) is 10.1 Å². The number of nitrogens with zero attached hydrogens (tertiary/aromatic N) is 3. The Labute approximate surface area is 144 Å². The normalized spacial score (nSPS) is 10.7. The number of hydrogen-bond donors (Lipinski definition) is 0. The smallest absolute Gasteiger partial charge is 0.298 e. The van der Waals surface area contributed by atoms with Crippen LogP contribution in [-0.4, -0.2) is 26.4 Å². The van der Waals surface area contributed by atoms with Gasteiger partial charge in [-0.15, -0.1) is 11.6 Å². The molecular weight excluding hydrogens is 376 g/mol. The molecule has 0 aliphatic carbocycles. The van der Waals surface area contributed by atoms with Gasteiger partial charge in [-0.2, -0.15) is 5.10 Å². The van der Waals surface area contributed by atoms with E-state index in [1.165, 1.54) is 16.8 Å². The Kier molecular flexibility index (Phi) is 5.28. The van der Waals surface area contributed by atoms with Crippen LogP contribution in [0.2, 0.25) is 15.1 Å².